The molecule has 2 bridgehead atoms. The van der Waals surface area contributed by atoms with Gasteiger partial charge in [0, 0.05) is 30.2 Å². The first-order valence-electron chi connectivity index (χ1n) is 6.78. The van der Waals surface area contributed by atoms with E-state index in [1.54, 1.807) is 18.0 Å². The van der Waals surface area contributed by atoms with E-state index >= 15 is 0 Å². The van der Waals surface area contributed by atoms with Crippen molar-refractivity contribution >= 4 is 17.7 Å². The Labute approximate surface area is 118 Å². The Morgan fingerprint density at radius 2 is 2.42 bits per heavy atom. The zero-order chi connectivity index (χ0) is 13.2. The second-order valence-electron chi connectivity index (χ2n) is 5.40. The molecule has 3 heterocycles. The van der Waals surface area contributed by atoms with E-state index in [2.05, 4.69) is 15.2 Å². The molecule has 0 aliphatic carbocycles. The van der Waals surface area contributed by atoms with Crippen LogP contribution in [0.4, 0.5) is 0 Å². The van der Waals surface area contributed by atoms with Crippen molar-refractivity contribution < 1.29 is 4.79 Å². The SMILES string of the molecule is CSc1ccnc(C(=O)N[C@@H]2C[C@@H]3CCN(C3)C2)c1. The molecule has 102 valence electrons. The maximum absolute atomic E-state index is 12.2. The number of hydrogen-bond acceptors (Lipinski definition) is 4. The number of carbonyl (C=O) groups is 1. The Kier molecular flexibility index (Phi) is 3.75. The number of nitrogens with zero attached hydrogens (tertiary/aromatic N) is 2. The van der Waals surface area contributed by atoms with Crippen LogP contribution in [0.5, 0.6) is 0 Å². The van der Waals surface area contributed by atoms with E-state index in [0.717, 1.165) is 23.8 Å². The summed E-state index contributed by atoms with van der Waals surface area (Å²) < 4.78 is 0. The Hall–Kier alpha value is -1.07. The lowest BCUT2D eigenvalue weighted by molar-refractivity contribution is 0.0904. The number of fused-ring (bicyclic) bond motifs is 2. The summed E-state index contributed by atoms with van der Waals surface area (Å²) in [7, 11) is 0. The highest BCUT2D eigenvalue weighted by Gasteiger charge is 2.33. The van der Waals surface area contributed by atoms with Crippen LogP contribution >= 0.6 is 11.8 Å². The van der Waals surface area contributed by atoms with Crippen molar-refractivity contribution in [3.05, 3.63) is 24.0 Å². The third-order valence-electron chi connectivity index (χ3n) is 4.00. The summed E-state index contributed by atoms with van der Waals surface area (Å²) in [4.78, 5) is 19.9. The van der Waals surface area contributed by atoms with Gasteiger partial charge < -0.3 is 10.2 Å². The first-order chi connectivity index (χ1) is 9.24. The predicted octanol–water partition coefficient (Wildman–Crippen LogP) is 1.63. The summed E-state index contributed by atoms with van der Waals surface area (Å²) in [5.41, 5.74) is 0.528. The number of thioether (sulfide) groups is 1. The highest BCUT2D eigenvalue weighted by atomic mass is 32.2. The lowest BCUT2D eigenvalue weighted by Crippen LogP contribution is -2.47. The highest BCUT2D eigenvalue weighted by Crippen LogP contribution is 2.26. The van der Waals surface area contributed by atoms with Crippen LogP contribution in [0.15, 0.2) is 23.2 Å². The van der Waals surface area contributed by atoms with Gasteiger partial charge in [0.15, 0.2) is 0 Å². The molecule has 19 heavy (non-hydrogen) atoms. The maximum atomic E-state index is 12.2. The van der Waals surface area contributed by atoms with Gasteiger partial charge in [-0.25, -0.2) is 0 Å². The molecule has 3 atom stereocenters. The molecular formula is C14H19N3OS. The molecule has 0 spiro atoms. The van der Waals surface area contributed by atoms with E-state index in [1.165, 1.54) is 19.5 Å². The molecular weight excluding hydrogens is 258 g/mol. The molecule has 2 saturated heterocycles. The van der Waals surface area contributed by atoms with E-state index < -0.39 is 0 Å². The first-order valence-corrected chi connectivity index (χ1v) is 8.00. The first kappa shape index (κ1) is 12.9. The van der Waals surface area contributed by atoms with Crippen molar-refractivity contribution in [1.29, 1.82) is 0 Å². The minimum atomic E-state index is -0.0385. The number of hydrogen-bond donors (Lipinski definition) is 1. The molecule has 5 heteroatoms. The van der Waals surface area contributed by atoms with Gasteiger partial charge in [0.2, 0.25) is 0 Å². The summed E-state index contributed by atoms with van der Waals surface area (Å²) in [5.74, 6) is 0.730. The van der Waals surface area contributed by atoms with Gasteiger partial charge >= 0.3 is 0 Å². The lowest BCUT2D eigenvalue weighted by Gasteiger charge is -2.30. The number of rotatable bonds is 3. The van der Waals surface area contributed by atoms with Crippen LogP contribution in [0.25, 0.3) is 0 Å². The van der Waals surface area contributed by atoms with Gasteiger partial charge in [-0.2, -0.15) is 0 Å². The Bertz CT molecular complexity index is 468. The fourth-order valence-corrected chi connectivity index (χ4v) is 3.51. The van der Waals surface area contributed by atoms with E-state index in [1.807, 2.05) is 18.4 Å². The van der Waals surface area contributed by atoms with E-state index in [9.17, 15) is 4.79 Å². The van der Waals surface area contributed by atoms with Crippen LogP contribution in [0.2, 0.25) is 0 Å². The van der Waals surface area contributed by atoms with Crippen molar-refractivity contribution in [2.45, 2.75) is 23.8 Å². The average molecular weight is 277 g/mol. The summed E-state index contributed by atoms with van der Waals surface area (Å²) in [6.45, 7) is 3.40. The van der Waals surface area contributed by atoms with Gasteiger partial charge in [-0.05, 0) is 43.7 Å². The molecule has 0 aromatic carbocycles. The molecule has 1 aromatic heterocycles. The normalized spacial score (nSPS) is 29.2. The molecule has 1 unspecified atom stereocenters. The van der Waals surface area contributed by atoms with Crippen LogP contribution in [-0.2, 0) is 0 Å². The van der Waals surface area contributed by atoms with Crippen LogP contribution < -0.4 is 5.32 Å². The molecule has 3 rings (SSSR count). The second-order valence-corrected chi connectivity index (χ2v) is 6.28. The zero-order valence-electron chi connectivity index (χ0n) is 11.1. The Balaban J connectivity index is 1.64. The molecule has 2 aliphatic rings. The highest BCUT2D eigenvalue weighted by molar-refractivity contribution is 7.98. The van der Waals surface area contributed by atoms with Gasteiger partial charge in [0.25, 0.3) is 5.91 Å². The largest absolute Gasteiger partial charge is 0.347 e. The van der Waals surface area contributed by atoms with Crippen molar-refractivity contribution in [3.8, 4) is 0 Å². The average Bonchev–Trinajstić information content (AvgIpc) is 2.78. The molecule has 1 amide bonds. The number of amides is 1. The molecule has 0 radical (unpaired) electrons. The number of pyridine rings is 1. The smallest absolute Gasteiger partial charge is 0.270 e. The van der Waals surface area contributed by atoms with Crippen LogP contribution in [0.1, 0.15) is 23.3 Å². The number of piperidine rings is 1. The van der Waals surface area contributed by atoms with Gasteiger partial charge in [-0.1, -0.05) is 0 Å². The molecule has 2 aliphatic heterocycles. The fraction of sp³-hybridized carbons (Fsp3) is 0.571. The third-order valence-corrected chi connectivity index (χ3v) is 4.73. The van der Waals surface area contributed by atoms with Crippen molar-refractivity contribution in [2.24, 2.45) is 5.92 Å². The number of aromatic nitrogens is 1. The monoisotopic (exact) mass is 277 g/mol. The van der Waals surface area contributed by atoms with E-state index in [-0.39, 0.29) is 11.9 Å². The lowest BCUT2D eigenvalue weighted by atomic mass is 9.97. The molecule has 1 aromatic rings. The van der Waals surface area contributed by atoms with E-state index in [0.29, 0.717) is 5.69 Å². The third kappa shape index (κ3) is 2.92. The molecule has 2 fully saturated rings. The van der Waals surface area contributed by atoms with Crippen LogP contribution in [-0.4, -0.2) is 47.7 Å². The number of nitrogens with one attached hydrogen (secondary N) is 1. The quantitative estimate of drug-likeness (QED) is 0.853. The standard InChI is InChI=1S/C14H19N3OS/c1-19-12-2-4-15-13(7-12)14(18)16-11-6-10-3-5-17(8-10)9-11/h2,4,7,10-11H,3,5-6,8-9H2,1H3,(H,16,18)/t10-,11+/m0/s1. The van der Waals surface area contributed by atoms with Crippen molar-refractivity contribution in [3.63, 3.8) is 0 Å². The van der Waals surface area contributed by atoms with Gasteiger partial charge in [-0.3, -0.25) is 9.78 Å². The Morgan fingerprint density at radius 3 is 3.21 bits per heavy atom. The van der Waals surface area contributed by atoms with Crippen LogP contribution in [0, 0.1) is 5.92 Å². The van der Waals surface area contributed by atoms with Crippen molar-refractivity contribution in [1.82, 2.24) is 15.2 Å². The Morgan fingerprint density at radius 1 is 1.53 bits per heavy atom. The minimum absolute atomic E-state index is 0.0385. The fourth-order valence-electron chi connectivity index (χ4n) is 3.09. The summed E-state index contributed by atoms with van der Waals surface area (Å²) in [6.07, 6.45) is 6.11. The number of carbonyl (C=O) groups excluding carboxylic acids is 1. The second kappa shape index (κ2) is 5.51. The topological polar surface area (TPSA) is 45.2 Å². The van der Waals surface area contributed by atoms with Crippen LogP contribution in [0.3, 0.4) is 0 Å². The summed E-state index contributed by atoms with van der Waals surface area (Å²) in [5, 5.41) is 3.13. The van der Waals surface area contributed by atoms with Gasteiger partial charge in [-0.15, -0.1) is 11.8 Å². The zero-order valence-corrected chi connectivity index (χ0v) is 11.9. The molecule has 4 nitrogen and oxygen atoms in total. The summed E-state index contributed by atoms with van der Waals surface area (Å²) >= 11 is 1.63. The van der Waals surface area contributed by atoms with Crippen molar-refractivity contribution in [2.75, 3.05) is 25.9 Å². The predicted molar refractivity (Wildman–Crippen MR) is 76.4 cm³/mol. The minimum Gasteiger partial charge on any atom is -0.347 e. The summed E-state index contributed by atoms with van der Waals surface area (Å²) in [6, 6.07) is 4.07. The maximum Gasteiger partial charge on any atom is 0.270 e. The van der Waals surface area contributed by atoms with Gasteiger partial charge in [0.05, 0.1) is 0 Å². The van der Waals surface area contributed by atoms with Gasteiger partial charge in [0.1, 0.15) is 5.69 Å². The molecule has 1 N–H and O–H groups in total. The molecule has 0 saturated carbocycles. The van der Waals surface area contributed by atoms with E-state index in [4.69, 9.17) is 0 Å².